The molecule has 94 valence electrons. The Morgan fingerprint density at radius 1 is 1.53 bits per heavy atom. The van der Waals surface area contributed by atoms with E-state index in [-0.39, 0.29) is 5.91 Å². The third-order valence-corrected chi connectivity index (χ3v) is 2.74. The van der Waals surface area contributed by atoms with E-state index in [1.165, 1.54) is 0 Å². The number of nitrogens with zero attached hydrogens (tertiary/aromatic N) is 1. The van der Waals surface area contributed by atoms with Gasteiger partial charge < -0.3 is 15.4 Å². The van der Waals surface area contributed by atoms with Crippen LogP contribution in [-0.2, 0) is 9.53 Å². The minimum Gasteiger partial charge on any atom is -0.378 e. The van der Waals surface area contributed by atoms with E-state index in [9.17, 15) is 4.79 Å². The van der Waals surface area contributed by atoms with Gasteiger partial charge in [0.25, 0.3) is 0 Å². The number of nitrogens with one attached hydrogen (secondary N) is 3. The number of hydrogen-bond acceptors (Lipinski definition) is 4. The predicted molar refractivity (Wildman–Crippen MR) is 63.7 cm³/mol. The van der Waals surface area contributed by atoms with Crippen molar-refractivity contribution in [2.45, 2.75) is 25.4 Å². The minimum atomic E-state index is -0.0526. The molecule has 1 amide bonds. The molecule has 0 radical (unpaired) electrons. The van der Waals surface area contributed by atoms with Gasteiger partial charge in [0.15, 0.2) is 0 Å². The number of aromatic nitrogens is 2. The van der Waals surface area contributed by atoms with Crippen LogP contribution in [0.4, 0.5) is 5.82 Å². The van der Waals surface area contributed by atoms with Crippen molar-refractivity contribution in [3.8, 4) is 0 Å². The van der Waals surface area contributed by atoms with Gasteiger partial charge in [0.2, 0.25) is 5.91 Å². The van der Waals surface area contributed by atoms with Gasteiger partial charge in [-0.05, 0) is 25.9 Å². The van der Waals surface area contributed by atoms with E-state index in [1.54, 1.807) is 12.3 Å². The Balaban J connectivity index is 1.59. The fraction of sp³-hybridized carbons (Fsp3) is 0.636. The molecule has 0 aliphatic carbocycles. The SMILES string of the molecule is O=C(CCOC1CCNCC1)Nc1ccn[nH]1. The molecule has 2 rings (SSSR count). The molecule has 6 nitrogen and oxygen atoms in total. The van der Waals surface area contributed by atoms with Gasteiger partial charge in [-0.2, -0.15) is 5.10 Å². The molecule has 1 aliphatic rings. The highest BCUT2D eigenvalue weighted by Crippen LogP contribution is 2.07. The molecule has 0 aromatic carbocycles. The molecule has 0 atom stereocenters. The van der Waals surface area contributed by atoms with Crippen molar-refractivity contribution in [2.24, 2.45) is 0 Å². The zero-order valence-electron chi connectivity index (χ0n) is 9.74. The molecule has 0 unspecified atom stereocenters. The fourth-order valence-electron chi connectivity index (χ4n) is 1.82. The predicted octanol–water partition coefficient (Wildman–Crippen LogP) is 0.507. The smallest absolute Gasteiger partial charge is 0.227 e. The van der Waals surface area contributed by atoms with E-state index >= 15 is 0 Å². The Morgan fingerprint density at radius 3 is 3.06 bits per heavy atom. The highest BCUT2D eigenvalue weighted by molar-refractivity contribution is 5.89. The number of hydrogen-bond donors (Lipinski definition) is 3. The standard InChI is InChI=1S/C11H18N4O2/c16-11(14-10-3-7-13-15-10)4-8-17-9-1-5-12-6-2-9/h3,7,9,12H,1-2,4-6,8H2,(H2,13,14,15,16). The highest BCUT2D eigenvalue weighted by atomic mass is 16.5. The number of carbonyl (C=O) groups is 1. The molecule has 0 spiro atoms. The second-order valence-electron chi connectivity index (χ2n) is 4.09. The maximum absolute atomic E-state index is 11.5. The van der Waals surface area contributed by atoms with Crippen LogP contribution in [0, 0.1) is 0 Å². The largest absolute Gasteiger partial charge is 0.378 e. The summed E-state index contributed by atoms with van der Waals surface area (Å²) < 4.78 is 5.65. The molecule has 2 heterocycles. The molecule has 17 heavy (non-hydrogen) atoms. The molecule has 3 N–H and O–H groups in total. The summed E-state index contributed by atoms with van der Waals surface area (Å²) in [6, 6.07) is 1.71. The number of rotatable bonds is 5. The molecule has 0 saturated carbocycles. The first-order valence-electron chi connectivity index (χ1n) is 5.96. The summed E-state index contributed by atoms with van der Waals surface area (Å²) in [5.74, 6) is 0.569. The maximum atomic E-state index is 11.5. The van der Waals surface area contributed by atoms with E-state index < -0.39 is 0 Å². The van der Waals surface area contributed by atoms with Crippen molar-refractivity contribution in [1.82, 2.24) is 15.5 Å². The van der Waals surface area contributed by atoms with Crippen LogP contribution in [0.15, 0.2) is 12.3 Å². The Bertz CT molecular complexity index is 333. The molecule has 0 bridgehead atoms. The molecule has 1 fully saturated rings. The second-order valence-corrected chi connectivity index (χ2v) is 4.09. The first-order chi connectivity index (χ1) is 8.34. The van der Waals surface area contributed by atoms with Crippen molar-refractivity contribution < 1.29 is 9.53 Å². The quantitative estimate of drug-likeness (QED) is 0.698. The summed E-state index contributed by atoms with van der Waals surface area (Å²) in [7, 11) is 0. The van der Waals surface area contributed by atoms with Gasteiger partial charge in [-0.15, -0.1) is 0 Å². The van der Waals surface area contributed by atoms with Crippen LogP contribution < -0.4 is 10.6 Å². The van der Waals surface area contributed by atoms with Crippen LogP contribution in [0.1, 0.15) is 19.3 Å². The van der Waals surface area contributed by atoms with E-state index in [0.717, 1.165) is 25.9 Å². The van der Waals surface area contributed by atoms with Gasteiger partial charge in [-0.3, -0.25) is 9.89 Å². The van der Waals surface area contributed by atoms with E-state index in [0.29, 0.717) is 24.9 Å². The zero-order chi connectivity index (χ0) is 11.9. The molecule has 1 aliphatic heterocycles. The van der Waals surface area contributed by atoms with Crippen LogP contribution >= 0.6 is 0 Å². The van der Waals surface area contributed by atoms with Crippen LogP contribution in [0.2, 0.25) is 0 Å². The Kier molecular flexibility index (Phi) is 4.52. The summed E-state index contributed by atoms with van der Waals surface area (Å²) in [4.78, 5) is 11.5. The monoisotopic (exact) mass is 238 g/mol. The van der Waals surface area contributed by atoms with Crippen LogP contribution in [0.5, 0.6) is 0 Å². The number of ether oxygens (including phenoxy) is 1. The maximum Gasteiger partial charge on any atom is 0.227 e. The molecular weight excluding hydrogens is 220 g/mol. The summed E-state index contributed by atoms with van der Waals surface area (Å²) in [5, 5.41) is 12.4. The van der Waals surface area contributed by atoms with Gasteiger partial charge in [-0.1, -0.05) is 0 Å². The number of carbonyl (C=O) groups excluding carboxylic acids is 1. The lowest BCUT2D eigenvalue weighted by atomic mass is 10.1. The van der Waals surface area contributed by atoms with E-state index in [2.05, 4.69) is 20.8 Å². The average Bonchev–Trinajstić information content (AvgIpc) is 2.83. The zero-order valence-corrected chi connectivity index (χ0v) is 9.74. The molecule has 1 saturated heterocycles. The Morgan fingerprint density at radius 2 is 2.35 bits per heavy atom. The van der Waals surface area contributed by atoms with Gasteiger partial charge in [0.1, 0.15) is 5.82 Å². The Hall–Kier alpha value is -1.40. The molecule has 6 heteroatoms. The lowest BCUT2D eigenvalue weighted by Gasteiger charge is -2.22. The molecule has 1 aromatic rings. The summed E-state index contributed by atoms with van der Waals surface area (Å²) >= 11 is 0. The minimum absolute atomic E-state index is 0.0526. The third-order valence-electron chi connectivity index (χ3n) is 2.74. The number of aromatic amines is 1. The Labute approximate surface area is 100 Å². The fourth-order valence-corrected chi connectivity index (χ4v) is 1.82. The number of piperidine rings is 1. The number of H-pyrrole nitrogens is 1. The first kappa shape index (κ1) is 12.1. The molecular formula is C11H18N4O2. The van der Waals surface area contributed by atoms with Crippen molar-refractivity contribution >= 4 is 11.7 Å². The third kappa shape index (κ3) is 4.16. The van der Waals surface area contributed by atoms with Crippen LogP contribution in [0.3, 0.4) is 0 Å². The normalized spacial score (nSPS) is 16.9. The lowest BCUT2D eigenvalue weighted by Crippen LogP contribution is -2.33. The summed E-state index contributed by atoms with van der Waals surface area (Å²) in [6.45, 7) is 2.49. The number of anilines is 1. The highest BCUT2D eigenvalue weighted by Gasteiger charge is 2.13. The number of amides is 1. The van der Waals surface area contributed by atoms with Crippen molar-refractivity contribution in [3.63, 3.8) is 0 Å². The van der Waals surface area contributed by atoms with E-state index in [1.807, 2.05) is 0 Å². The van der Waals surface area contributed by atoms with Crippen molar-refractivity contribution in [1.29, 1.82) is 0 Å². The van der Waals surface area contributed by atoms with Gasteiger partial charge >= 0.3 is 0 Å². The topological polar surface area (TPSA) is 79.0 Å². The summed E-state index contributed by atoms with van der Waals surface area (Å²) in [6.07, 6.45) is 4.34. The van der Waals surface area contributed by atoms with Gasteiger partial charge in [0.05, 0.1) is 25.3 Å². The van der Waals surface area contributed by atoms with Crippen molar-refractivity contribution in [3.05, 3.63) is 12.3 Å². The van der Waals surface area contributed by atoms with Gasteiger partial charge in [-0.25, -0.2) is 0 Å². The lowest BCUT2D eigenvalue weighted by molar-refractivity contribution is -0.117. The van der Waals surface area contributed by atoms with Crippen LogP contribution in [-0.4, -0.2) is 41.9 Å². The summed E-state index contributed by atoms with van der Waals surface area (Å²) in [5.41, 5.74) is 0. The van der Waals surface area contributed by atoms with E-state index in [4.69, 9.17) is 4.74 Å². The van der Waals surface area contributed by atoms with Gasteiger partial charge in [0, 0.05) is 6.07 Å². The molecule has 1 aromatic heterocycles. The second kappa shape index (κ2) is 6.36. The van der Waals surface area contributed by atoms with Crippen LogP contribution in [0.25, 0.3) is 0 Å². The average molecular weight is 238 g/mol. The van der Waals surface area contributed by atoms with Crippen molar-refractivity contribution in [2.75, 3.05) is 25.0 Å². The first-order valence-corrected chi connectivity index (χ1v) is 5.96.